The van der Waals surface area contributed by atoms with Crippen LogP contribution in [0.2, 0.25) is 10.0 Å². The van der Waals surface area contributed by atoms with Crippen molar-refractivity contribution in [2.24, 2.45) is 4.40 Å². The van der Waals surface area contributed by atoms with Gasteiger partial charge in [0, 0.05) is 28.7 Å². The molecule has 1 heterocycles. The maximum Gasteiger partial charge on any atom is 0.284 e. The highest BCUT2D eigenvalue weighted by Gasteiger charge is 2.39. The number of nitrogens with zero attached hydrogens (tertiary/aromatic N) is 2. The van der Waals surface area contributed by atoms with Crippen molar-refractivity contribution in [1.29, 1.82) is 0 Å². The number of thioether (sulfide) groups is 1. The minimum atomic E-state index is -4.03. The van der Waals surface area contributed by atoms with E-state index in [2.05, 4.69) is 9.71 Å². The van der Waals surface area contributed by atoms with Gasteiger partial charge in [0.05, 0.1) is 4.90 Å². The van der Waals surface area contributed by atoms with Crippen molar-refractivity contribution in [2.45, 2.75) is 23.5 Å². The van der Waals surface area contributed by atoms with E-state index in [1.165, 1.54) is 29.2 Å². The Morgan fingerprint density at radius 1 is 1.10 bits per heavy atom. The quantitative estimate of drug-likeness (QED) is 0.665. The number of anilines is 1. The van der Waals surface area contributed by atoms with Crippen LogP contribution in [0.15, 0.2) is 57.8 Å². The van der Waals surface area contributed by atoms with Crippen LogP contribution < -0.4 is 5.32 Å². The van der Waals surface area contributed by atoms with Crippen LogP contribution in [-0.2, 0) is 19.6 Å². The predicted molar refractivity (Wildman–Crippen MR) is 120 cm³/mol. The first-order valence-corrected chi connectivity index (χ1v) is 11.9. The van der Waals surface area contributed by atoms with Gasteiger partial charge >= 0.3 is 0 Å². The lowest BCUT2D eigenvalue weighted by Crippen LogP contribution is -2.33. The minimum absolute atomic E-state index is 0.0348. The average Bonchev–Trinajstić information content (AvgIpc) is 2.97. The van der Waals surface area contributed by atoms with Gasteiger partial charge in [-0.3, -0.25) is 14.5 Å². The number of hydrogen-bond donors (Lipinski definition) is 1. The number of nitrogens with one attached hydrogen (secondary N) is 1. The number of carbonyl (C=O) groups is 2. The van der Waals surface area contributed by atoms with E-state index >= 15 is 0 Å². The highest BCUT2D eigenvalue weighted by atomic mass is 35.5. The summed E-state index contributed by atoms with van der Waals surface area (Å²) in [6, 6.07) is 12.1. The van der Waals surface area contributed by atoms with E-state index in [0.717, 1.165) is 11.8 Å². The fourth-order valence-electron chi connectivity index (χ4n) is 2.68. The number of benzene rings is 2. The second kappa shape index (κ2) is 9.38. The maximum atomic E-state index is 12.7. The van der Waals surface area contributed by atoms with Crippen LogP contribution in [0, 0.1) is 0 Å². The molecule has 1 unspecified atom stereocenters. The fourth-order valence-corrected chi connectivity index (χ4v) is 5.35. The standard InChI is InChI=1S/C19H17Cl2N3O4S2/c1-2-24-18(26)16(11-17(25)22-14-7-3-12(20)4-8-14)29-19(24)23-30(27,28)15-9-5-13(21)6-10-15/h3-10,16H,2,11H2,1H3,(H,22,25)/b23-19-. The van der Waals surface area contributed by atoms with Gasteiger partial charge in [-0.2, -0.15) is 8.42 Å². The number of amides is 2. The lowest BCUT2D eigenvalue weighted by Gasteiger charge is -2.13. The van der Waals surface area contributed by atoms with Gasteiger partial charge in [-0.1, -0.05) is 35.0 Å². The molecule has 0 aliphatic carbocycles. The summed E-state index contributed by atoms with van der Waals surface area (Å²) in [5.41, 5.74) is 0.548. The van der Waals surface area contributed by atoms with Crippen molar-refractivity contribution in [2.75, 3.05) is 11.9 Å². The zero-order valence-corrected chi connectivity index (χ0v) is 18.9. The van der Waals surface area contributed by atoms with Gasteiger partial charge in [0.15, 0.2) is 5.17 Å². The van der Waals surface area contributed by atoms with Crippen LogP contribution in [0.3, 0.4) is 0 Å². The second-order valence-corrected chi connectivity index (χ2v) is 9.90. The van der Waals surface area contributed by atoms with E-state index in [-0.39, 0.29) is 34.8 Å². The Balaban J connectivity index is 1.75. The molecule has 0 spiro atoms. The topological polar surface area (TPSA) is 95.9 Å². The predicted octanol–water partition coefficient (Wildman–Crippen LogP) is 4.03. The maximum absolute atomic E-state index is 12.7. The Kier molecular flexibility index (Phi) is 7.07. The molecule has 1 aliphatic heterocycles. The first kappa shape index (κ1) is 22.6. The third-order valence-corrected chi connectivity index (χ3v) is 7.22. The monoisotopic (exact) mass is 485 g/mol. The third kappa shape index (κ3) is 5.34. The summed E-state index contributed by atoms with van der Waals surface area (Å²) in [5, 5.41) is 2.90. The van der Waals surface area contributed by atoms with E-state index in [1.54, 1.807) is 31.2 Å². The lowest BCUT2D eigenvalue weighted by atomic mass is 10.2. The molecular formula is C19H17Cl2N3O4S2. The molecule has 3 rings (SSSR count). The van der Waals surface area contributed by atoms with Crippen LogP contribution in [0.1, 0.15) is 13.3 Å². The largest absolute Gasteiger partial charge is 0.326 e. The molecule has 0 radical (unpaired) electrons. The van der Waals surface area contributed by atoms with Crippen LogP contribution in [0.25, 0.3) is 0 Å². The number of rotatable bonds is 6. The molecule has 2 aromatic rings. The van der Waals surface area contributed by atoms with Crippen LogP contribution >= 0.6 is 35.0 Å². The molecule has 1 N–H and O–H groups in total. The molecular weight excluding hydrogens is 469 g/mol. The molecule has 0 aromatic heterocycles. The van der Waals surface area contributed by atoms with Crippen LogP contribution in [0.5, 0.6) is 0 Å². The summed E-state index contributed by atoms with van der Waals surface area (Å²) in [6.07, 6.45) is -0.122. The van der Waals surface area contributed by atoms with Crippen molar-refractivity contribution < 1.29 is 18.0 Å². The summed E-state index contributed by atoms with van der Waals surface area (Å²) < 4.78 is 29.0. The molecule has 0 bridgehead atoms. The van der Waals surface area contributed by atoms with Crippen molar-refractivity contribution in [1.82, 2.24) is 4.90 Å². The Hall–Kier alpha value is -2.07. The molecule has 158 valence electrons. The molecule has 11 heteroatoms. The molecule has 1 atom stereocenters. The number of halogens is 2. The van der Waals surface area contributed by atoms with Crippen molar-refractivity contribution in [3.8, 4) is 0 Å². The van der Waals surface area contributed by atoms with Crippen LogP contribution in [-0.4, -0.2) is 42.1 Å². The van der Waals surface area contributed by atoms with Crippen molar-refractivity contribution >= 4 is 67.7 Å². The molecule has 1 fully saturated rings. The summed E-state index contributed by atoms with van der Waals surface area (Å²) in [7, 11) is -4.03. The second-order valence-electron chi connectivity index (χ2n) is 6.25. The first-order chi connectivity index (χ1) is 14.2. The smallest absolute Gasteiger partial charge is 0.284 e. The third-order valence-electron chi connectivity index (χ3n) is 4.14. The molecule has 30 heavy (non-hydrogen) atoms. The van der Waals surface area contributed by atoms with E-state index in [0.29, 0.717) is 15.7 Å². The minimum Gasteiger partial charge on any atom is -0.326 e. The normalized spacial score (nSPS) is 18.1. The molecule has 0 saturated carbocycles. The van der Waals surface area contributed by atoms with E-state index in [1.807, 2.05) is 0 Å². The molecule has 7 nitrogen and oxygen atoms in total. The number of amidine groups is 1. The van der Waals surface area contributed by atoms with Gasteiger partial charge in [0.25, 0.3) is 10.0 Å². The van der Waals surface area contributed by atoms with Crippen LogP contribution in [0.4, 0.5) is 5.69 Å². The van der Waals surface area contributed by atoms with Crippen molar-refractivity contribution in [3.05, 3.63) is 58.6 Å². The molecule has 2 amide bonds. The fraction of sp³-hybridized carbons (Fsp3) is 0.211. The highest BCUT2D eigenvalue weighted by Crippen LogP contribution is 2.31. The van der Waals surface area contributed by atoms with E-state index < -0.39 is 15.3 Å². The molecule has 1 saturated heterocycles. The average molecular weight is 486 g/mol. The zero-order chi connectivity index (χ0) is 21.9. The molecule has 1 aliphatic rings. The number of carbonyl (C=O) groups excluding carboxylic acids is 2. The Labute approximate surface area is 188 Å². The Morgan fingerprint density at radius 2 is 1.67 bits per heavy atom. The summed E-state index contributed by atoms with van der Waals surface area (Å²) in [5.74, 6) is -0.736. The van der Waals surface area contributed by atoms with Gasteiger partial charge < -0.3 is 5.32 Å². The van der Waals surface area contributed by atoms with Gasteiger partial charge in [-0.15, -0.1) is 4.40 Å². The first-order valence-electron chi connectivity index (χ1n) is 8.83. The van der Waals surface area contributed by atoms with Gasteiger partial charge in [0.2, 0.25) is 11.8 Å². The Morgan fingerprint density at radius 3 is 2.23 bits per heavy atom. The van der Waals surface area contributed by atoms with E-state index in [4.69, 9.17) is 23.2 Å². The summed E-state index contributed by atoms with van der Waals surface area (Å²) in [6.45, 7) is 1.94. The van der Waals surface area contributed by atoms with Gasteiger partial charge in [-0.05, 0) is 55.5 Å². The van der Waals surface area contributed by atoms with Gasteiger partial charge in [0.1, 0.15) is 5.25 Å². The highest BCUT2D eigenvalue weighted by molar-refractivity contribution is 8.16. The zero-order valence-electron chi connectivity index (χ0n) is 15.7. The Bertz CT molecular complexity index is 1090. The van der Waals surface area contributed by atoms with Crippen molar-refractivity contribution in [3.63, 3.8) is 0 Å². The van der Waals surface area contributed by atoms with Gasteiger partial charge in [-0.25, -0.2) is 0 Å². The number of sulfonamides is 1. The number of hydrogen-bond acceptors (Lipinski definition) is 5. The summed E-state index contributed by atoms with van der Waals surface area (Å²) in [4.78, 5) is 26.2. The van der Waals surface area contributed by atoms with E-state index in [9.17, 15) is 18.0 Å². The molecule has 2 aromatic carbocycles. The SMILES string of the molecule is CCN1C(=O)C(CC(=O)Nc2ccc(Cl)cc2)S/C1=N\S(=O)(=O)c1ccc(Cl)cc1. The summed E-state index contributed by atoms with van der Waals surface area (Å²) >= 11 is 12.6. The lowest BCUT2D eigenvalue weighted by molar-refractivity contribution is -0.128.